The van der Waals surface area contributed by atoms with Crippen molar-refractivity contribution in [2.75, 3.05) is 19.6 Å². The van der Waals surface area contributed by atoms with E-state index in [1.165, 1.54) is 58.0 Å². The van der Waals surface area contributed by atoms with Gasteiger partial charge in [-0.3, -0.25) is 0 Å². The van der Waals surface area contributed by atoms with Gasteiger partial charge >= 0.3 is 0 Å². The summed E-state index contributed by atoms with van der Waals surface area (Å²) in [7, 11) is 0. The number of rotatable bonds is 5. The second kappa shape index (κ2) is 4.84. The SMILES string of the molecule is CCC1CCCN1CCC1(CN)CCC1. The molecule has 88 valence electrons. The second-order valence-corrected chi connectivity index (χ2v) is 5.55. The minimum absolute atomic E-state index is 0.543. The minimum Gasteiger partial charge on any atom is -0.330 e. The first-order chi connectivity index (χ1) is 7.29. The Morgan fingerprint density at radius 3 is 2.67 bits per heavy atom. The van der Waals surface area contributed by atoms with E-state index in [0.29, 0.717) is 5.41 Å². The normalized spacial score (nSPS) is 30.4. The molecule has 0 amide bonds. The van der Waals surface area contributed by atoms with Crippen molar-refractivity contribution in [3.8, 4) is 0 Å². The predicted octanol–water partition coefficient (Wildman–Crippen LogP) is 2.38. The quantitative estimate of drug-likeness (QED) is 0.755. The molecule has 15 heavy (non-hydrogen) atoms. The highest BCUT2D eigenvalue weighted by atomic mass is 15.2. The van der Waals surface area contributed by atoms with E-state index in [-0.39, 0.29) is 0 Å². The highest BCUT2D eigenvalue weighted by Crippen LogP contribution is 2.43. The molecule has 1 heterocycles. The van der Waals surface area contributed by atoms with Crippen LogP contribution in [0.25, 0.3) is 0 Å². The Labute approximate surface area is 94.2 Å². The van der Waals surface area contributed by atoms with E-state index >= 15 is 0 Å². The summed E-state index contributed by atoms with van der Waals surface area (Å²) < 4.78 is 0. The van der Waals surface area contributed by atoms with Crippen LogP contribution in [0.5, 0.6) is 0 Å². The largest absolute Gasteiger partial charge is 0.330 e. The van der Waals surface area contributed by atoms with Crippen LogP contribution in [0.4, 0.5) is 0 Å². The maximum absolute atomic E-state index is 5.90. The molecule has 0 aromatic heterocycles. The van der Waals surface area contributed by atoms with Crippen LogP contribution in [0.3, 0.4) is 0 Å². The Morgan fingerprint density at radius 2 is 2.13 bits per heavy atom. The lowest BCUT2D eigenvalue weighted by molar-refractivity contribution is 0.102. The molecular formula is C13H26N2. The molecule has 2 heteroatoms. The van der Waals surface area contributed by atoms with E-state index in [9.17, 15) is 0 Å². The van der Waals surface area contributed by atoms with Crippen LogP contribution in [0.1, 0.15) is 51.9 Å². The van der Waals surface area contributed by atoms with Crippen molar-refractivity contribution in [1.29, 1.82) is 0 Å². The molecule has 2 rings (SSSR count). The van der Waals surface area contributed by atoms with Crippen molar-refractivity contribution in [2.45, 2.75) is 57.9 Å². The Bertz CT molecular complexity index is 193. The number of nitrogens with zero attached hydrogens (tertiary/aromatic N) is 1. The van der Waals surface area contributed by atoms with Gasteiger partial charge in [0.05, 0.1) is 0 Å². The lowest BCUT2D eigenvalue weighted by atomic mass is 9.66. The molecule has 2 N–H and O–H groups in total. The summed E-state index contributed by atoms with van der Waals surface area (Å²) in [5.41, 5.74) is 6.44. The van der Waals surface area contributed by atoms with Gasteiger partial charge in [0, 0.05) is 6.04 Å². The highest BCUT2D eigenvalue weighted by molar-refractivity contribution is 4.90. The molecule has 0 radical (unpaired) electrons. The summed E-state index contributed by atoms with van der Waals surface area (Å²) >= 11 is 0. The average molecular weight is 210 g/mol. The lowest BCUT2D eigenvalue weighted by Gasteiger charge is -2.42. The topological polar surface area (TPSA) is 29.3 Å². The van der Waals surface area contributed by atoms with E-state index < -0.39 is 0 Å². The van der Waals surface area contributed by atoms with Crippen molar-refractivity contribution >= 4 is 0 Å². The molecule has 0 aromatic rings. The van der Waals surface area contributed by atoms with Gasteiger partial charge in [-0.15, -0.1) is 0 Å². The van der Waals surface area contributed by atoms with Gasteiger partial charge in [0.15, 0.2) is 0 Å². The van der Waals surface area contributed by atoms with Gasteiger partial charge in [0.2, 0.25) is 0 Å². The van der Waals surface area contributed by atoms with Gasteiger partial charge in [-0.2, -0.15) is 0 Å². The maximum Gasteiger partial charge on any atom is 0.00931 e. The standard InChI is InChI=1S/C13H26N2/c1-2-12-5-3-9-15(12)10-8-13(11-14)6-4-7-13/h12H,2-11,14H2,1H3. The smallest absolute Gasteiger partial charge is 0.00931 e. The summed E-state index contributed by atoms with van der Waals surface area (Å²) in [6, 6.07) is 0.875. The highest BCUT2D eigenvalue weighted by Gasteiger charge is 2.36. The third-order valence-electron chi connectivity index (χ3n) is 4.75. The Morgan fingerprint density at radius 1 is 1.33 bits per heavy atom. The second-order valence-electron chi connectivity index (χ2n) is 5.55. The number of likely N-dealkylation sites (tertiary alicyclic amines) is 1. The zero-order chi connectivity index (χ0) is 10.7. The van der Waals surface area contributed by atoms with E-state index in [4.69, 9.17) is 5.73 Å². The Balaban J connectivity index is 1.77. The van der Waals surface area contributed by atoms with Crippen LogP contribution in [-0.4, -0.2) is 30.6 Å². The molecule has 0 spiro atoms. The first-order valence-corrected chi connectivity index (χ1v) is 6.74. The van der Waals surface area contributed by atoms with Gasteiger partial charge in [-0.05, 0) is 63.6 Å². The lowest BCUT2D eigenvalue weighted by Crippen LogP contribution is -2.41. The van der Waals surface area contributed by atoms with Crippen molar-refractivity contribution < 1.29 is 0 Å². The van der Waals surface area contributed by atoms with Gasteiger partial charge in [-0.1, -0.05) is 13.3 Å². The molecular weight excluding hydrogens is 184 g/mol. The van der Waals surface area contributed by atoms with E-state index in [1.54, 1.807) is 0 Å². The summed E-state index contributed by atoms with van der Waals surface area (Å²) in [6.45, 7) is 5.87. The molecule has 1 atom stereocenters. The average Bonchev–Trinajstić information content (AvgIpc) is 2.64. The minimum atomic E-state index is 0.543. The van der Waals surface area contributed by atoms with Crippen LogP contribution >= 0.6 is 0 Å². The molecule has 1 saturated heterocycles. The third kappa shape index (κ3) is 2.36. The summed E-state index contributed by atoms with van der Waals surface area (Å²) in [6.07, 6.45) is 9.69. The molecule has 0 bridgehead atoms. The molecule has 2 fully saturated rings. The van der Waals surface area contributed by atoms with Crippen LogP contribution in [0.2, 0.25) is 0 Å². The van der Waals surface area contributed by atoms with E-state index in [1.807, 2.05) is 0 Å². The molecule has 2 nitrogen and oxygen atoms in total. The fraction of sp³-hybridized carbons (Fsp3) is 1.00. The Hall–Kier alpha value is -0.0800. The van der Waals surface area contributed by atoms with E-state index in [0.717, 1.165) is 12.6 Å². The van der Waals surface area contributed by atoms with E-state index in [2.05, 4.69) is 11.8 Å². The maximum atomic E-state index is 5.90. The third-order valence-corrected chi connectivity index (χ3v) is 4.75. The summed E-state index contributed by atoms with van der Waals surface area (Å²) in [4.78, 5) is 2.70. The first-order valence-electron chi connectivity index (χ1n) is 6.74. The predicted molar refractivity (Wildman–Crippen MR) is 64.8 cm³/mol. The molecule has 1 saturated carbocycles. The molecule has 1 aliphatic carbocycles. The molecule has 1 unspecified atom stereocenters. The van der Waals surface area contributed by atoms with Crippen LogP contribution in [-0.2, 0) is 0 Å². The fourth-order valence-electron chi connectivity index (χ4n) is 3.27. The van der Waals surface area contributed by atoms with Crippen molar-refractivity contribution in [2.24, 2.45) is 11.1 Å². The molecule has 0 aromatic carbocycles. The van der Waals surface area contributed by atoms with Crippen LogP contribution < -0.4 is 5.73 Å². The zero-order valence-electron chi connectivity index (χ0n) is 10.2. The number of nitrogens with two attached hydrogens (primary N) is 1. The Kier molecular flexibility index (Phi) is 3.68. The number of hydrogen-bond donors (Lipinski definition) is 1. The van der Waals surface area contributed by atoms with Gasteiger partial charge in [-0.25, -0.2) is 0 Å². The van der Waals surface area contributed by atoms with Gasteiger partial charge in [0.1, 0.15) is 0 Å². The first kappa shape index (κ1) is 11.4. The summed E-state index contributed by atoms with van der Waals surface area (Å²) in [5.74, 6) is 0. The monoisotopic (exact) mass is 210 g/mol. The fourth-order valence-corrected chi connectivity index (χ4v) is 3.27. The van der Waals surface area contributed by atoms with Crippen LogP contribution in [0, 0.1) is 5.41 Å². The van der Waals surface area contributed by atoms with Crippen molar-refractivity contribution in [3.63, 3.8) is 0 Å². The van der Waals surface area contributed by atoms with Crippen molar-refractivity contribution in [3.05, 3.63) is 0 Å². The van der Waals surface area contributed by atoms with Crippen LogP contribution in [0.15, 0.2) is 0 Å². The zero-order valence-corrected chi connectivity index (χ0v) is 10.2. The number of hydrogen-bond acceptors (Lipinski definition) is 2. The van der Waals surface area contributed by atoms with Gasteiger partial charge < -0.3 is 10.6 Å². The molecule has 1 aliphatic heterocycles. The molecule has 2 aliphatic rings. The van der Waals surface area contributed by atoms with Gasteiger partial charge in [0.25, 0.3) is 0 Å². The van der Waals surface area contributed by atoms with Crippen molar-refractivity contribution in [1.82, 2.24) is 4.90 Å². The summed E-state index contributed by atoms with van der Waals surface area (Å²) in [5, 5.41) is 0.